The van der Waals surface area contributed by atoms with Gasteiger partial charge in [-0.15, -0.1) is 0 Å². The van der Waals surface area contributed by atoms with Crippen LogP contribution in [0.15, 0.2) is 30.5 Å². The van der Waals surface area contributed by atoms with E-state index >= 15 is 0 Å². The maximum absolute atomic E-state index is 6.42. The SMILES string of the molecule is CCCC[C@@H]1CN(Cc2cn[nH]c2-c2ccc(OC)cc2)C[C@H](C2CC2)O1. The Morgan fingerprint density at radius 3 is 2.74 bits per heavy atom. The van der Waals surface area contributed by atoms with Gasteiger partial charge in [-0.3, -0.25) is 10.00 Å². The number of morpholine rings is 1. The normalized spacial score (nSPS) is 23.5. The number of methoxy groups -OCH3 is 1. The molecule has 2 fully saturated rings. The number of benzene rings is 1. The maximum Gasteiger partial charge on any atom is 0.118 e. The van der Waals surface area contributed by atoms with Gasteiger partial charge in [0.25, 0.3) is 0 Å². The van der Waals surface area contributed by atoms with Crippen molar-refractivity contribution in [3.05, 3.63) is 36.0 Å². The first-order valence-corrected chi connectivity index (χ1v) is 10.3. The predicted octanol–water partition coefficient (Wildman–Crippen LogP) is 4.25. The largest absolute Gasteiger partial charge is 0.497 e. The molecule has 4 rings (SSSR count). The molecule has 27 heavy (non-hydrogen) atoms. The van der Waals surface area contributed by atoms with Gasteiger partial charge in [-0.1, -0.05) is 19.8 Å². The lowest BCUT2D eigenvalue weighted by Gasteiger charge is -2.38. The first-order chi connectivity index (χ1) is 13.3. The van der Waals surface area contributed by atoms with Crippen LogP contribution in [0, 0.1) is 5.92 Å². The molecule has 1 aromatic heterocycles. The van der Waals surface area contributed by atoms with Crippen molar-refractivity contribution in [1.29, 1.82) is 0 Å². The number of nitrogens with one attached hydrogen (secondary N) is 1. The lowest BCUT2D eigenvalue weighted by atomic mass is 10.0. The van der Waals surface area contributed by atoms with E-state index in [1.165, 1.54) is 37.7 Å². The Balaban J connectivity index is 1.46. The maximum atomic E-state index is 6.42. The highest BCUT2D eigenvalue weighted by Crippen LogP contribution is 2.37. The van der Waals surface area contributed by atoms with E-state index in [2.05, 4.69) is 34.2 Å². The number of H-pyrrole nitrogens is 1. The van der Waals surface area contributed by atoms with E-state index in [4.69, 9.17) is 9.47 Å². The minimum absolute atomic E-state index is 0.376. The Morgan fingerprint density at radius 2 is 2.04 bits per heavy atom. The summed E-state index contributed by atoms with van der Waals surface area (Å²) >= 11 is 0. The summed E-state index contributed by atoms with van der Waals surface area (Å²) in [6.45, 7) is 5.25. The summed E-state index contributed by atoms with van der Waals surface area (Å²) in [5.74, 6) is 1.65. The highest BCUT2D eigenvalue weighted by atomic mass is 16.5. The number of aromatic amines is 1. The van der Waals surface area contributed by atoms with E-state index in [9.17, 15) is 0 Å². The molecule has 146 valence electrons. The van der Waals surface area contributed by atoms with Gasteiger partial charge in [-0.2, -0.15) is 5.10 Å². The second kappa shape index (κ2) is 8.44. The van der Waals surface area contributed by atoms with Crippen molar-refractivity contribution in [2.24, 2.45) is 5.92 Å². The molecule has 5 heteroatoms. The minimum Gasteiger partial charge on any atom is -0.497 e. The molecular weight excluding hydrogens is 338 g/mol. The first kappa shape index (κ1) is 18.5. The van der Waals surface area contributed by atoms with Crippen molar-refractivity contribution < 1.29 is 9.47 Å². The highest BCUT2D eigenvalue weighted by Gasteiger charge is 2.38. The molecule has 1 saturated heterocycles. The Morgan fingerprint density at radius 1 is 1.22 bits per heavy atom. The second-order valence-corrected chi connectivity index (χ2v) is 7.97. The van der Waals surface area contributed by atoms with Gasteiger partial charge in [0.05, 0.1) is 31.2 Å². The van der Waals surface area contributed by atoms with E-state index in [1.807, 2.05) is 18.3 Å². The van der Waals surface area contributed by atoms with E-state index in [1.54, 1.807) is 7.11 Å². The van der Waals surface area contributed by atoms with Crippen molar-refractivity contribution in [3.63, 3.8) is 0 Å². The molecular formula is C22H31N3O2. The highest BCUT2D eigenvalue weighted by molar-refractivity contribution is 5.63. The van der Waals surface area contributed by atoms with Gasteiger partial charge in [0, 0.05) is 30.8 Å². The minimum atomic E-state index is 0.376. The van der Waals surface area contributed by atoms with Crippen molar-refractivity contribution >= 4 is 0 Å². The van der Waals surface area contributed by atoms with Crippen LogP contribution < -0.4 is 4.74 Å². The number of nitrogens with zero attached hydrogens (tertiary/aromatic N) is 2. The van der Waals surface area contributed by atoms with Gasteiger partial charge in [0.2, 0.25) is 0 Å². The third kappa shape index (κ3) is 4.53. The fourth-order valence-corrected chi connectivity index (χ4v) is 4.08. The quantitative estimate of drug-likeness (QED) is 0.755. The summed E-state index contributed by atoms with van der Waals surface area (Å²) in [5, 5.41) is 7.52. The smallest absolute Gasteiger partial charge is 0.118 e. The molecule has 5 nitrogen and oxygen atoms in total. The molecule has 0 spiro atoms. The third-order valence-electron chi connectivity index (χ3n) is 5.79. The Hall–Kier alpha value is -1.85. The molecule has 1 aliphatic heterocycles. The zero-order valence-electron chi connectivity index (χ0n) is 16.5. The number of rotatable bonds is 8. The van der Waals surface area contributed by atoms with Crippen LogP contribution in [0.1, 0.15) is 44.6 Å². The summed E-state index contributed by atoms with van der Waals surface area (Å²) in [5.41, 5.74) is 3.51. The fourth-order valence-electron chi connectivity index (χ4n) is 4.08. The van der Waals surface area contributed by atoms with Crippen molar-refractivity contribution in [2.75, 3.05) is 20.2 Å². The summed E-state index contributed by atoms with van der Waals surface area (Å²) < 4.78 is 11.7. The molecule has 0 amide bonds. The number of aromatic nitrogens is 2. The van der Waals surface area contributed by atoms with E-state index in [0.29, 0.717) is 12.2 Å². The first-order valence-electron chi connectivity index (χ1n) is 10.3. The average Bonchev–Trinajstić information content (AvgIpc) is 3.46. The van der Waals surface area contributed by atoms with E-state index in [0.717, 1.165) is 42.6 Å². The van der Waals surface area contributed by atoms with Gasteiger partial charge in [0.15, 0.2) is 0 Å². The number of hydrogen-bond acceptors (Lipinski definition) is 4. The molecule has 1 aliphatic carbocycles. The predicted molar refractivity (Wildman–Crippen MR) is 107 cm³/mol. The van der Waals surface area contributed by atoms with Crippen molar-refractivity contribution in [3.8, 4) is 17.0 Å². The molecule has 2 aliphatic rings. The van der Waals surface area contributed by atoms with Crippen LogP contribution in [-0.2, 0) is 11.3 Å². The van der Waals surface area contributed by atoms with Crippen LogP contribution >= 0.6 is 0 Å². The van der Waals surface area contributed by atoms with Crippen LogP contribution in [-0.4, -0.2) is 47.5 Å². The molecule has 1 saturated carbocycles. The lowest BCUT2D eigenvalue weighted by Crippen LogP contribution is -2.48. The van der Waals surface area contributed by atoms with Crippen LogP contribution in [0.2, 0.25) is 0 Å². The van der Waals surface area contributed by atoms with Crippen molar-refractivity contribution in [2.45, 2.75) is 57.8 Å². The number of unbranched alkanes of at least 4 members (excludes halogenated alkanes) is 1. The fraction of sp³-hybridized carbons (Fsp3) is 0.591. The van der Waals surface area contributed by atoms with Crippen LogP contribution in [0.5, 0.6) is 5.75 Å². The van der Waals surface area contributed by atoms with Gasteiger partial charge in [0.1, 0.15) is 5.75 Å². The molecule has 0 unspecified atom stereocenters. The Bertz CT molecular complexity index is 723. The molecule has 2 heterocycles. The monoisotopic (exact) mass is 369 g/mol. The summed E-state index contributed by atoms with van der Waals surface area (Å²) in [7, 11) is 1.69. The molecule has 1 aromatic carbocycles. The topological polar surface area (TPSA) is 50.4 Å². The molecule has 1 N–H and O–H groups in total. The van der Waals surface area contributed by atoms with Gasteiger partial charge in [-0.25, -0.2) is 0 Å². The van der Waals surface area contributed by atoms with E-state index in [-0.39, 0.29) is 0 Å². The standard InChI is InChI=1S/C22H31N3O2/c1-3-4-5-20-14-25(15-21(27-20)16-6-7-16)13-18-12-23-24-22(18)17-8-10-19(26-2)11-9-17/h8-12,16,20-21H,3-7,13-15H2,1-2H3,(H,23,24)/t20-,21-/m1/s1. The van der Waals surface area contributed by atoms with E-state index < -0.39 is 0 Å². The molecule has 0 bridgehead atoms. The zero-order chi connectivity index (χ0) is 18.6. The molecule has 2 atom stereocenters. The summed E-state index contributed by atoms with van der Waals surface area (Å²) in [4.78, 5) is 2.57. The Kier molecular flexibility index (Phi) is 5.79. The van der Waals surface area contributed by atoms with Crippen LogP contribution in [0.25, 0.3) is 11.3 Å². The number of hydrogen-bond donors (Lipinski definition) is 1. The second-order valence-electron chi connectivity index (χ2n) is 7.97. The van der Waals surface area contributed by atoms with Crippen molar-refractivity contribution in [1.82, 2.24) is 15.1 Å². The van der Waals surface area contributed by atoms with Gasteiger partial charge in [-0.05, 0) is 49.4 Å². The molecule has 0 radical (unpaired) electrons. The van der Waals surface area contributed by atoms with Crippen LogP contribution in [0.3, 0.4) is 0 Å². The Labute approximate surface area is 162 Å². The summed E-state index contributed by atoms with van der Waals surface area (Å²) in [6, 6.07) is 8.18. The molecule has 2 aromatic rings. The zero-order valence-corrected chi connectivity index (χ0v) is 16.5. The van der Waals surface area contributed by atoms with Gasteiger partial charge < -0.3 is 9.47 Å². The third-order valence-corrected chi connectivity index (χ3v) is 5.79. The van der Waals surface area contributed by atoms with Gasteiger partial charge >= 0.3 is 0 Å². The summed E-state index contributed by atoms with van der Waals surface area (Å²) in [6.07, 6.45) is 9.09. The lowest BCUT2D eigenvalue weighted by molar-refractivity contribution is -0.0993. The number of ether oxygens (including phenoxy) is 2. The average molecular weight is 370 g/mol. The van der Waals surface area contributed by atoms with Crippen LogP contribution in [0.4, 0.5) is 0 Å².